The van der Waals surface area contributed by atoms with Crippen LogP contribution < -0.4 is 5.32 Å². The Hall–Kier alpha value is -1.04. The first kappa shape index (κ1) is 15.4. The number of halogens is 2. The van der Waals surface area contributed by atoms with Crippen molar-refractivity contribution in [3.05, 3.63) is 35.4 Å². The third-order valence-electron chi connectivity index (χ3n) is 3.84. The fourth-order valence-corrected chi connectivity index (χ4v) is 2.60. The summed E-state index contributed by atoms with van der Waals surface area (Å²) in [5.74, 6) is -1.50. The molecule has 2 rings (SSSR count). The second-order valence-corrected chi connectivity index (χ2v) is 5.36. The predicted molar refractivity (Wildman–Crippen MR) is 76.7 cm³/mol. The molecule has 0 amide bonds. The van der Waals surface area contributed by atoms with E-state index in [0.717, 1.165) is 38.8 Å². The number of rotatable bonds is 5. The van der Waals surface area contributed by atoms with Crippen LogP contribution >= 0.6 is 0 Å². The number of likely N-dealkylation sites (N-methyl/N-ethyl adjacent to an activating group) is 2. The van der Waals surface area contributed by atoms with Gasteiger partial charge in [0.2, 0.25) is 0 Å². The fraction of sp³-hybridized carbons (Fsp3) is 0.600. The molecule has 0 spiro atoms. The standard InChI is InChI=1S/C15H23F2N3/c1-3-18-14(11-20-9-7-19(2)8-10-20)12-5-4-6-13(16)15(12)17/h4-6,14,18H,3,7-11H2,1-2H3. The van der Waals surface area contributed by atoms with Crippen LogP contribution in [0, 0.1) is 11.6 Å². The summed E-state index contributed by atoms with van der Waals surface area (Å²) < 4.78 is 27.3. The molecule has 0 bridgehead atoms. The average Bonchev–Trinajstić information content (AvgIpc) is 2.44. The van der Waals surface area contributed by atoms with Crippen molar-refractivity contribution < 1.29 is 8.78 Å². The molecule has 112 valence electrons. The smallest absolute Gasteiger partial charge is 0.163 e. The molecule has 1 saturated heterocycles. The molecule has 1 atom stereocenters. The summed E-state index contributed by atoms with van der Waals surface area (Å²) in [5, 5.41) is 3.26. The van der Waals surface area contributed by atoms with E-state index in [-0.39, 0.29) is 6.04 Å². The van der Waals surface area contributed by atoms with Gasteiger partial charge in [0.15, 0.2) is 11.6 Å². The molecule has 0 aliphatic carbocycles. The summed E-state index contributed by atoms with van der Waals surface area (Å²) in [6, 6.07) is 4.24. The maximum absolute atomic E-state index is 13.9. The Bertz CT molecular complexity index is 431. The first-order valence-electron chi connectivity index (χ1n) is 7.20. The highest BCUT2D eigenvalue weighted by Gasteiger charge is 2.22. The van der Waals surface area contributed by atoms with E-state index in [0.29, 0.717) is 12.1 Å². The van der Waals surface area contributed by atoms with E-state index in [1.54, 1.807) is 12.1 Å². The first-order chi connectivity index (χ1) is 9.61. The van der Waals surface area contributed by atoms with Crippen molar-refractivity contribution in [3.8, 4) is 0 Å². The zero-order chi connectivity index (χ0) is 14.5. The quantitative estimate of drug-likeness (QED) is 0.890. The van der Waals surface area contributed by atoms with Gasteiger partial charge in [0.25, 0.3) is 0 Å². The van der Waals surface area contributed by atoms with Gasteiger partial charge in [-0.1, -0.05) is 19.1 Å². The van der Waals surface area contributed by atoms with E-state index in [2.05, 4.69) is 22.2 Å². The molecule has 0 saturated carbocycles. The lowest BCUT2D eigenvalue weighted by Crippen LogP contribution is -2.47. The summed E-state index contributed by atoms with van der Waals surface area (Å²) >= 11 is 0. The molecular formula is C15H23F2N3. The number of nitrogens with zero attached hydrogens (tertiary/aromatic N) is 2. The van der Waals surface area contributed by atoms with Crippen LogP contribution in [0.1, 0.15) is 18.5 Å². The van der Waals surface area contributed by atoms with Gasteiger partial charge in [-0.25, -0.2) is 8.78 Å². The van der Waals surface area contributed by atoms with Crippen LogP contribution in [0.5, 0.6) is 0 Å². The third kappa shape index (κ3) is 3.75. The van der Waals surface area contributed by atoms with Crippen molar-refractivity contribution in [2.75, 3.05) is 46.3 Å². The Morgan fingerprint density at radius 2 is 1.90 bits per heavy atom. The zero-order valence-electron chi connectivity index (χ0n) is 12.2. The highest BCUT2D eigenvalue weighted by molar-refractivity contribution is 5.23. The van der Waals surface area contributed by atoms with Gasteiger partial charge in [-0.05, 0) is 19.7 Å². The van der Waals surface area contributed by atoms with Crippen molar-refractivity contribution in [1.82, 2.24) is 15.1 Å². The SMILES string of the molecule is CCNC(CN1CCN(C)CC1)c1cccc(F)c1F. The lowest BCUT2D eigenvalue weighted by atomic mass is 10.0. The Morgan fingerprint density at radius 1 is 1.20 bits per heavy atom. The third-order valence-corrected chi connectivity index (χ3v) is 3.84. The van der Waals surface area contributed by atoms with Crippen LogP contribution in [0.3, 0.4) is 0 Å². The number of hydrogen-bond donors (Lipinski definition) is 1. The number of piperazine rings is 1. The van der Waals surface area contributed by atoms with Gasteiger partial charge in [-0.15, -0.1) is 0 Å². The number of nitrogens with one attached hydrogen (secondary N) is 1. The average molecular weight is 283 g/mol. The molecule has 1 aromatic rings. The molecule has 1 aliphatic rings. The van der Waals surface area contributed by atoms with Crippen molar-refractivity contribution in [2.45, 2.75) is 13.0 Å². The summed E-state index contributed by atoms with van der Waals surface area (Å²) in [4.78, 5) is 4.58. The molecule has 0 aromatic heterocycles. The van der Waals surface area contributed by atoms with Crippen molar-refractivity contribution in [1.29, 1.82) is 0 Å². The van der Waals surface area contributed by atoms with Gasteiger partial charge in [0.05, 0.1) is 0 Å². The second-order valence-electron chi connectivity index (χ2n) is 5.36. The van der Waals surface area contributed by atoms with Crippen LogP contribution in [-0.2, 0) is 0 Å². The molecule has 1 N–H and O–H groups in total. The van der Waals surface area contributed by atoms with Crippen molar-refractivity contribution >= 4 is 0 Å². The summed E-state index contributed by atoms with van der Waals surface area (Å²) in [6.45, 7) is 7.39. The number of hydrogen-bond acceptors (Lipinski definition) is 3. The molecule has 3 nitrogen and oxygen atoms in total. The maximum Gasteiger partial charge on any atom is 0.163 e. The minimum atomic E-state index is -0.774. The topological polar surface area (TPSA) is 18.5 Å². The fourth-order valence-electron chi connectivity index (χ4n) is 2.60. The predicted octanol–water partition coefficient (Wildman–Crippen LogP) is 1.86. The molecule has 5 heteroatoms. The Kier molecular flexibility index (Phi) is 5.46. The molecular weight excluding hydrogens is 260 g/mol. The lowest BCUT2D eigenvalue weighted by Gasteiger charge is -2.35. The van der Waals surface area contributed by atoms with E-state index in [1.807, 2.05) is 6.92 Å². The molecule has 0 radical (unpaired) electrons. The van der Waals surface area contributed by atoms with E-state index >= 15 is 0 Å². The molecule has 1 aliphatic heterocycles. The molecule has 20 heavy (non-hydrogen) atoms. The Balaban J connectivity index is 2.08. The Labute approximate surface area is 119 Å². The van der Waals surface area contributed by atoms with E-state index in [1.165, 1.54) is 0 Å². The van der Waals surface area contributed by atoms with Gasteiger partial charge in [0.1, 0.15) is 0 Å². The Morgan fingerprint density at radius 3 is 2.55 bits per heavy atom. The second kappa shape index (κ2) is 7.11. The van der Waals surface area contributed by atoms with Crippen LogP contribution in [0.4, 0.5) is 8.78 Å². The normalized spacial score (nSPS) is 19.2. The maximum atomic E-state index is 13.9. The van der Waals surface area contributed by atoms with E-state index < -0.39 is 11.6 Å². The largest absolute Gasteiger partial charge is 0.309 e. The van der Waals surface area contributed by atoms with Gasteiger partial charge >= 0.3 is 0 Å². The minimum absolute atomic E-state index is 0.167. The van der Waals surface area contributed by atoms with E-state index in [4.69, 9.17) is 0 Å². The van der Waals surface area contributed by atoms with Crippen LogP contribution in [0.15, 0.2) is 18.2 Å². The highest BCUT2D eigenvalue weighted by Crippen LogP contribution is 2.21. The number of benzene rings is 1. The molecule has 1 aromatic carbocycles. The molecule has 1 unspecified atom stereocenters. The summed E-state index contributed by atoms with van der Waals surface area (Å²) in [5.41, 5.74) is 0.422. The van der Waals surface area contributed by atoms with Crippen molar-refractivity contribution in [2.24, 2.45) is 0 Å². The minimum Gasteiger partial charge on any atom is -0.309 e. The van der Waals surface area contributed by atoms with Crippen LogP contribution in [-0.4, -0.2) is 56.1 Å². The van der Waals surface area contributed by atoms with Gasteiger partial charge in [0, 0.05) is 44.3 Å². The zero-order valence-corrected chi connectivity index (χ0v) is 12.2. The lowest BCUT2D eigenvalue weighted by molar-refractivity contribution is 0.141. The first-order valence-corrected chi connectivity index (χ1v) is 7.20. The van der Waals surface area contributed by atoms with E-state index in [9.17, 15) is 8.78 Å². The van der Waals surface area contributed by atoms with Crippen LogP contribution in [0.2, 0.25) is 0 Å². The molecule has 1 fully saturated rings. The molecule has 1 heterocycles. The van der Waals surface area contributed by atoms with Gasteiger partial charge < -0.3 is 10.2 Å². The summed E-state index contributed by atoms with van der Waals surface area (Å²) in [7, 11) is 2.10. The monoisotopic (exact) mass is 283 g/mol. The van der Waals surface area contributed by atoms with Crippen molar-refractivity contribution in [3.63, 3.8) is 0 Å². The van der Waals surface area contributed by atoms with Gasteiger partial charge in [-0.3, -0.25) is 4.90 Å². The highest BCUT2D eigenvalue weighted by atomic mass is 19.2. The van der Waals surface area contributed by atoms with Gasteiger partial charge in [-0.2, -0.15) is 0 Å². The summed E-state index contributed by atoms with van der Waals surface area (Å²) in [6.07, 6.45) is 0. The van der Waals surface area contributed by atoms with Crippen LogP contribution in [0.25, 0.3) is 0 Å².